The normalized spacial score (nSPS) is 12.5. The van der Waals surface area contributed by atoms with Gasteiger partial charge in [-0.05, 0) is 25.8 Å². The maximum Gasteiger partial charge on any atom is 0.305 e. The summed E-state index contributed by atoms with van der Waals surface area (Å²) in [6.07, 6.45) is 1.94. The molecule has 2 aromatic rings. The Kier molecular flexibility index (Phi) is 7.70. The van der Waals surface area contributed by atoms with Gasteiger partial charge in [-0.2, -0.15) is 0 Å². The van der Waals surface area contributed by atoms with Crippen LogP contribution in [0.2, 0.25) is 0 Å². The fraction of sp³-hybridized carbons (Fsp3) is 0.526. The van der Waals surface area contributed by atoms with Crippen molar-refractivity contribution in [3.05, 3.63) is 39.3 Å². The van der Waals surface area contributed by atoms with E-state index < -0.39 is 6.10 Å². The van der Waals surface area contributed by atoms with Crippen LogP contribution < -0.4 is 5.56 Å². The van der Waals surface area contributed by atoms with E-state index in [9.17, 15) is 14.7 Å². The molecule has 0 aliphatic carbocycles. The van der Waals surface area contributed by atoms with Crippen LogP contribution in [0.1, 0.15) is 36.0 Å². The van der Waals surface area contributed by atoms with Gasteiger partial charge in [-0.25, -0.2) is 4.98 Å². The van der Waals surface area contributed by atoms with Gasteiger partial charge in [-0.1, -0.05) is 13.0 Å². The summed E-state index contributed by atoms with van der Waals surface area (Å²) in [5.74, 6) is 0.220. The molecular formula is C19H27N3O4S. The van der Waals surface area contributed by atoms with Crippen LogP contribution in [0.25, 0.3) is 10.2 Å². The first-order valence-corrected chi connectivity index (χ1v) is 9.83. The van der Waals surface area contributed by atoms with E-state index in [0.29, 0.717) is 37.1 Å². The minimum Gasteiger partial charge on any atom is -0.463 e. The molecule has 2 heterocycles. The SMILES string of the molecule is C=CCN(Cc1nc2sc(C)c(C)c2c(=O)[nH]1)CC(O)COC(=O)CCC. The molecule has 1 unspecified atom stereocenters. The number of hydrogen-bond donors (Lipinski definition) is 2. The second kappa shape index (κ2) is 9.77. The second-order valence-corrected chi connectivity index (χ2v) is 7.75. The fourth-order valence-electron chi connectivity index (χ4n) is 2.79. The number of aryl methyl sites for hydroxylation is 2. The lowest BCUT2D eigenvalue weighted by molar-refractivity contribution is -0.147. The maximum atomic E-state index is 12.4. The Morgan fingerprint density at radius 2 is 2.22 bits per heavy atom. The van der Waals surface area contributed by atoms with Gasteiger partial charge in [0.15, 0.2) is 0 Å². The number of fused-ring (bicyclic) bond motifs is 1. The number of aliphatic hydroxyl groups excluding tert-OH is 1. The lowest BCUT2D eigenvalue weighted by Crippen LogP contribution is -2.36. The third kappa shape index (κ3) is 5.72. The van der Waals surface area contributed by atoms with E-state index in [-0.39, 0.29) is 24.7 Å². The number of esters is 1. The first-order chi connectivity index (χ1) is 12.8. The largest absolute Gasteiger partial charge is 0.463 e. The predicted molar refractivity (Wildman–Crippen MR) is 107 cm³/mol. The van der Waals surface area contributed by atoms with Gasteiger partial charge < -0.3 is 14.8 Å². The zero-order valence-corrected chi connectivity index (χ0v) is 16.9. The minimum atomic E-state index is -0.826. The molecule has 2 N–H and O–H groups in total. The van der Waals surface area contributed by atoms with Crippen molar-refractivity contribution >= 4 is 27.5 Å². The summed E-state index contributed by atoms with van der Waals surface area (Å²) in [5, 5.41) is 10.8. The quantitative estimate of drug-likeness (QED) is 0.475. The summed E-state index contributed by atoms with van der Waals surface area (Å²) >= 11 is 1.50. The molecule has 0 aliphatic rings. The molecule has 2 aromatic heterocycles. The molecule has 0 aliphatic heterocycles. The van der Waals surface area contributed by atoms with E-state index in [1.807, 2.05) is 25.7 Å². The molecule has 0 bridgehead atoms. The molecule has 8 heteroatoms. The van der Waals surface area contributed by atoms with Crippen LogP contribution in [0.5, 0.6) is 0 Å². The van der Waals surface area contributed by atoms with Crippen molar-refractivity contribution in [1.82, 2.24) is 14.9 Å². The maximum absolute atomic E-state index is 12.4. The molecule has 0 saturated heterocycles. The number of thiophene rings is 1. The number of aromatic nitrogens is 2. The Morgan fingerprint density at radius 3 is 2.89 bits per heavy atom. The van der Waals surface area contributed by atoms with Gasteiger partial charge in [0.05, 0.1) is 11.9 Å². The Morgan fingerprint density at radius 1 is 1.48 bits per heavy atom. The average molecular weight is 394 g/mol. The van der Waals surface area contributed by atoms with Crippen LogP contribution in [0.4, 0.5) is 0 Å². The van der Waals surface area contributed by atoms with E-state index in [1.54, 1.807) is 6.08 Å². The topological polar surface area (TPSA) is 95.5 Å². The van der Waals surface area contributed by atoms with Gasteiger partial charge in [-0.3, -0.25) is 14.5 Å². The van der Waals surface area contributed by atoms with Crippen LogP contribution in [-0.4, -0.2) is 51.7 Å². The zero-order valence-electron chi connectivity index (χ0n) is 16.1. The number of nitrogens with zero attached hydrogens (tertiary/aromatic N) is 2. The molecule has 0 spiro atoms. The zero-order chi connectivity index (χ0) is 20.0. The number of carbonyl (C=O) groups is 1. The monoisotopic (exact) mass is 393 g/mol. The van der Waals surface area contributed by atoms with Crippen LogP contribution in [0.15, 0.2) is 17.4 Å². The molecular weight excluding hydrogens is 366 g/mol. The summed E-state index contributed by atoms with van der Waals surface area (Å²) in [5.41, 5.74) is 0.812. The Hall–Kier alpha value is -2.03. The Balaban J connectivity index is 2.07. The van der Waals surface area contributed by atoms with E-state index in [4.69, 9.17) is 4.74 Å². The van der Waals surface area contributed by atoms with E-state index in [1.165, 1.54) is 11.3 Å². The number of carbonyl (C=O) groups excluding carboxylic acids is 1. The first-order valence-electron chi connectivity index (χ1n) is 9.01. The number of rotatable bonds is 10. The minimum absolute atomic E-state index is 0.0568. The highest BCUT2D eigenvalue weighted by atomic mass is 32.1. The summed E-state index contributed by atoms with van der Waals surface area (Å²) in [6, 6.07) is 0. The van der Waals surface area contributed by atoms with Crippen molar-refractivity contribution < 1.29 is 14.6 Å². The van der Waals surface area contributed by atoms with Gasteiger partial charge >= 0.3 is 5.97 Å². The van der Waals surface area contributed by atoms with Crippen molar-refractivity contribution in [3.8, 4) is 0 Å². The second-order valence-electron chi connectivity index (χ2n) is 6.55. The van der Waals surface area contributed by atoms with Gasteiger partial charge in [-0.15, -0.1) is 17.9 Å². The molecule has 7 nitrogen and oxygen atoms in total. The average Bonchev–Trinajstić information content (AvgIpc) is 2.88. The third-order valence-electron chi connectivity index (χ3n) is 4.21. The lowest BCUT2D eigenvalue weighted by Gasteiger charge is -2.23. The molecule has 0 aromatic carbocycles. The molecule has 0 amide bonds. The lowest BCUT2D eigenvalue weighted by atomic mass is 10.2. The Labute approximate surface area is 162 Å². The van der Waals surface area contributed by atoms with E-state index in [2.05, 4.69) is 16.5 Å². The Bertz CT molecular complexity index is 858. The fourth-order valence-corrected chi connectivity index (χ4v) is 3.84. The smallest absolute Gasteiger partial charge is 0.305 e. The molecule has 27 heavy (non-hydrogen) atoms. The summed E-state index contributed by atoms with van der Waals surface area (Å²) in [4.78, 5) is 34.9. The van der Waals surface area contributed by atoms with E-state index >= 15 is 0 Å². The van der Waals surface area contributed by atoms with Crippen molar-refractivity contribution in [2.24, 2.45) is 0 Å². The molecule has 2 rings (SSSR count). The molecule has 0 fully saturated rings. The predicted octanol–water partition coefficient (Wildman–Crippen LogP) is 2.29. The van der Waals surface area contributed by atoms with Gasteiger partial charge in [0, 0.05) is 24.4 Å². The van der Waals surface area contributed by atoms with Crippen LogP contribution in [0.3, 0.4) is 0 Å². The summed E-state index contributed by atoms with van der Waals surface area (Å²) in [7, 11) is 0. The van der Waals surface area contributed by atoms with Crippen LogP contribution in [-0.2, 0) is 16.1 Å². The molecule has 0 radical (unpaired) electrons. The summed E-state index contributed by atoms with van der Waals surface area (Å²) in [6.45, 7) is 10.6. The highest BCUT2D eigenvalue weighted by Crippen LogP contribution is 2.25. The highest BCUT2D eigenvalue weighted by Gasteiger charge is 2.16. The number of H-pyrrole nitrogens is 1. The number of nitrogens with one attached hydrogen (secondary N) is 1. The molecule has 0 saturated carbocycles. The van der Waals surface area contributed by atoms with Gasteiger partial charge in [0.25, 0.3) is 5.56 Å². The molecule has 148 valence electrons. The van der Waals surface area contributed by atoms with Gasteiger partial charge in [0.2, 0.25) is 0 Å². The van der Waals surface area contributed by atoms with E-state index in [0.717, 1.165) is 15.3 Å². The number of hydrogen-bond acceptors (Lipinski definition) is 7. The number of aliphatic hydroxyl groups is 1. The number of ether oxygens (including phenoxy) is 1. The van der Waals surface area contributed by atoms with Crippen molar-refractivity contribution in [2.75, 3.05) is 19.7 Å². The van der Waals surface area contributed by atoms with Crippen molar-refractivity contribution in [3.63, 3.8) is 0 Å². The van der Waals surface area contributed by atoms with Crippen molar-refractivity contribution in [1.29, 1.82) is 0 Å². The number of aromatic amines is 1. The first kappa shape index (κ1) is 21.3. The molecule has 1 atom stereocenters. The van der Waals surface area contributed by atoms with Gasteiger partial charge in [0.1, 0.15) is 23.4 Å². The van der Waals surface area contributed by atoms with Crippen molar-refractivity contribution in [2.45, 2.75) is 46.3 Å². The highest BCUT2D eigenvalue weighted by molar-refractivity contribution is 7.18. The van der Waals surface area contributed by atoms with Crippen LogP contribution in [0, 0.1) is 13.8 Å². The van der Waals surface area contributed by atoms with Crippen LogP contribution >= 0.6 is 11.3 Å². The standard InChI is InChI=1S/C19H27N3O4S/c1-5-7-16(24)26-11-14(23)9-22(8-6-2)10-15-20-18(25)17-12(3)13(4)27-19(17)21-15/h6,14,23H,2,5,7-11H2,1,3-4H3,(H,20,21,25). The summed E-state index contributed by atoms with van der Waals surface area (Å²) < 4.78 is 5.05. The third-order valence-corrected chi connectivity index (χ3v) is 5.31.